The molecule has 1 aromatic carbocycles. The first kappa shape index (κ1) is 11.4. The predicted molar refractivity (Wildman–Crippen MR) is 66.8 cm³/mol. The molecular formula is C14H14N2O. The molecule has 1 aromatic heterocycles. The van der Waals surface area contributed by atoms with Crippen LogP contribution in [-0.2, 0) is 0 Å². The minimum Gasteiger partial charge on any atom is -0.360 e. The second-order valence-electron chi connectivity index (χ2n) is 5.12. The van der Waals surface area contributed by atoms with Crippen molar-refractivity contribution in [3.63, 3.8) is 0 Å². The number of carbonyl (C=O) groups excluding carboxylic acids is 1. The molecule has 17 heavy (non-hydrogen) atoms. The van der Waals surface area contributed by atoms with E-state index in [1.807, 2.05) is 32.9 Å². The van der Waals surface area contributed by atoms with Crippen molar-refractivity contribution in [2.75, 3.05) is 0 Å². The van der Waals surface area contributed by atoms with Gasteiger partial charge in [0.25, 0.3) is 0 Å². The molecule has 0 aliphatic rings. The Morgan fingerprint density at radius 2 is 2.06 bits per heavy atom. The van der Waals surface area contributed by atoms with Crippen LogP contribution in [0.1, 0.15) is 36.7 Å². The molecule has 0 saturated carbocycles. The number of aromatic amines is 1. The zero-order valence-electron chi connectivity index (χ0n) is 10.2. The highest BCUT2D eigenvalue weighted by Gasteiger charge is 2.26. The fourth-order valence-corrected chi connectivity index (χ4v) is 1.86. The molecule has 0 bridgehead atoms. The quantitative estimate of drug-likeness (QED) is 0.759. The third-order valence-electron chi connectivity index (χ3n) is 2.75. The highest BCUT2D eigenvalue weighted by Crippen LogP contribution is 2.28. The monoisotopic (exact) mass is 226 g/mol. The Morgan fingerprint density at radius 1 is 1.35 bits per heavy atom. The Balaban J connectivity index is 2.73. The minimum atomic E-state index is -0.447. The van der Waals surface area contributed by atoms with Gasteiger partial charge in [0.05, 0.1) is 11.6 Å². The van der Waals surface area contributed by atoms with Crippen LogP contribution in [-0.4, -0.2) is 10.8 Å². The van der Waals surface area contributed by atoms with Crippen molar-refractivity contribution < 1.29 is 4.79 Å². The summed E-state index contributed by atoms with van der Waals surface area (Å²) < 4.78 is 0. The van der Waals surface area contributed by atoms with Crippen molar-refractivity contribution in [2.24, 2.45) is 5.41 Å². The molecule has 0 spiro atoms. The molecule has 0 radical (unpaired) electrons. The van der Waals surface area contributed by atoms with E-state index in [-0.39, 0.29) is 5.78 Å². The van der Waals surface area contributed by atoms with Crippen LogP contribution in [0.25, 0.3) is 10.9 Å². The molecular weight excluding hydrogens is 212 g/mol. The number of carbonyl (C=O) groups is 1. The van der Waals surface area contributed by atoms with Crippen LogP contribution in [0.3, 0.4) is 0 Å². The summed E-state index contributed by atoms with van der Waals surface area (Å²) in [6.07, 6.45) is 1.69. The molecule has 0 atom stereocenters. The van der Waals surface area contributed by atoms with Crippen LogP contribution in [0.5, 0.6) is 0 Å². The van der Waals surface area contributed by atoms with Crippen molar-refractivity contribution >= 4 is 16.7 Å². The summed E-state index contributed by atoms with van der Waals surface area (Å²) in [5.41, 5.74) is 1.52. The van der Waals surface area contributed by atoms with E-state index in [0.29, 0.717) is 11.1 Å². The molecule has 0 amide bonds. The molecule has 0 aliphatic carbocycles. The zero-order valence-corrected chi connectivity index (χ0v) is 10.2. The van der Waals surface area contributed by atoms with E-state index in [1.165, 1.54) is 0 Å². The minimum absolute atomic E-state index is 0.0476. The Labute approximate surface area is 100 Å². The molecule has 86 valence electrons. The molecule has 1 N–H and O–H groups in total. The topological polar surface area (TPSA) is 56.6 Å². The van der Waals surface area contributed by atoms with Crippen molar-refractivity contribution in [3.8, 4) is 6.07 Å². The summed E-state index contributed by atoms with van der Waals surface area (Å²) in [7, 11) is 0. The van der Waals surface area contributed by atoms with Gasteiger partial charge in [0.2, 0.25) is 0 Å². The second-order valence-corrected chi connectivity index (χ2v) is 5.12. The molecule has 2 rings (SSSR count). The number of ketones is 1. The van der Waals surface area contributed by atoms with Gasteiger partial charge in [-0.1, -0.05) is 26.8 Å². The SMILES string of the molecule is CC(C)(C)C(=O)c1c[nH]c2cccc(C#N)c12. The number of nitriles is 1. The average Bonchev–Trinajstić information content (AvgIpc) is 2.70. The van der Waals surface area contributed by atoms with E-state index in [2.05, 4.69) is 11.1 Å². The number of hydrogen-bond donors (Lipinski definition) is 1. The predicted octanol–water partition coefficient (Wildman–Crippen LogP) is 3.27. The van der Waals surface area contributed by atoms with Crippen LogP contribution >= 0.6 is 0 Å². The van der Waals surface area contributed by atoms with Gasteiger partial charge in [0.15, 0.2) is 5.78 Å². The lowest BCUT2D eigenvalue weighted by Crippen LogP contribution is -2.19. The van der Waals surface area contributed by atoms with Crippen molar-refractivity contribution in [1.82, 2.24) is 4.98 Å². The third kappa shape index (κ3) is 1.83. The lowest BCUT2D eigenvalue weighted by molar-refractivity contribution is 0.0860. The highest BCUT2D eigenvalue weighted by molar-refractivity contribution is 6.11. The summed E-state index contributed by atoms with van der Waals surface area (Å²) in [5, 5.41) is 9.82. The number of hydrogen-bond acceptors (Lipinski definition) is 2. The maximum absolute atomic E-state index is 12.3. The highest BCUT2D eigenvalue weighted by atomic mass is 16.1. The lowest BCUT2D eigenvalue weighted by atomic mass is 9.86. The Bertz CT molecular complexity index is 624. The standard InChI is InChI=1S/C14H14N2O/c1-14(2,3)13(17)10-8-16-11-6-4-5-9(7-15)12(10)11/h4-6,8,16H,1-3H3. The number of nitrogens with zero attached hydrogens (tertiary/aromatic N) is 1. The van der Waals surface area contributed by atoms with Gasteiger partial charge in [0, 0.05) is 28.1 Å². The van der Waals surface area contributed by atoms with Gasteiger partial charge in [-0.15, -0.1) is 0 Å². The van der Waals surface area contributed by atoms with Gasteiger partial charge < -0.3 is 4.98 Å². The second kappa shape index (κ2) is 3.74. The van der Waals surface area contributed by atoms with E-state index in [1.54, 1.807) is 12.3 Å². The molecule has 3 heteroatoms. The normalized spacial score (nSPS) is 11.4. The molecule has 0 unspecified atom stereocenters. The van der Waals surface area contributed by atoms with Crippen LogP contribution in [0.2, 0.25) is 0 Å². The average molecular weight is 226 g/mol. The number of aromatic nitrogens is 1. The number of rotatable bonds is 1. The summed E-state index contributed by atoms with van der Waals surface area (Å²) in [5.74, 6) is 0.0476. The Morgan fingerprint density at radius 3 is 2.65 bits per heavy atom. The van der Waals surface area contributed by atoms with Gasteiger partial charge >= 0.3 is 0 Å². The molecule has 0 saturated heterocycles. The summed E-state index contributed by atoms with van der Waals surface area (Å²) in [4.78, 5) is 15.3. The van der Waals surface area contributed by atoms with Crippen LogP contribution in [0, 0.1) is 16.7 Å². The molecule has 0 fully saturated rings. The summed E-state index contributed by atoms with van der Waals surface area (Å²) >= 11 is 0. The van der Waals surface area contributed by atoms with Gasteiger partial charge in [-0.05, 0) is 12.1 Å². The van der Waals surface area contributed by atoms with Gasteiger partial charge in [-0.3, -0.25) is 4.79 Å². The zero-order chi connectivity index (χ0) is 12.6. The summed E-state index contributed by atoms with van der Waals surface area (Å²) in [6.45, 7) is 5.63. The summed E-state index contributed by atoms with van der Waals surface area (Å²) in [6, 6.07) is 7.54. The number of nitrogens with one attached hydrogen (secondary N) is 1. The molecule has 2 aromatic rings. The van der Waals surface area contributed by atoms with Gasteiger partial charge in [-0.2, -0.15) is 5.26 Å². The smallest absolute Gasteiger partial charge is 0.170 e. The van der Waals surface area contributed by atoms with Crippen LogP contribution in [0.4, 0.5) is 0 Å². The first-order chi connectivity index (χ1) is 7.95. The fraction of sp³-hybridized carbons (Fsp3) is 0.286. The van der Waals surface area contributed by atoms with Crippen molar-refractivity contribution in [2.45, 2.75) is 20.8 Å². The van der Waals surface area contributed by atoms with Gasteiger partial charge in [0.1, 0.15) is 0 Å². The van der Waals surface area contributed by atoms with Crippen molar-refractivity contribution in [1.29, 1.82) is 5.26 Å². The first-order valence-corrected chi connectivity index (χ1v) is 5.50. The number of fused-ring (bicyclic) bond motifs is 1. The molecule has 3 nitrogen and oxygen atoms in total. The number of Topliss-reactive ketones (excluding diaryl/α,β-unsaturated/α-hetero) is 1. The number of benzene rings is 1. The van der Waals surface area contributed by atoms with E-state index in [4.69, 9.17) is 5.26 Å². The fourth-order valence-electron chi connectivity index (χ4n) is 1.86. The Hall–Kier alpha value is -2.08. The number of H-pyrrole nitrogens is 1. The molecule has 0 aliphatic heterocycles. The van der Waals surface area contributed by atoms with Crippen LogP contribution < -0.4 is 0 Å². The van der Waals surface area contributed by atoms with Crippen molar-refractivity contribution in [3.05, 3.63) is 35.5 Å². The third-order valence-corrected chi connectivity index (χ3v) is 2.75. The largest absolute Gasteiger partial charge is 0.360 e. The lowest BCUT2D eigenvalue weighted by Gasteiger charge is -2.15. The Kier molecular flexibility index (Phi) is 2.51. The van der Waals surface area contributed by atoms with E-state index < -0.39 is 5.41 Å². The molecule has 1 heterocycles. The maximum Gasteiger partial charge on any atom is 0.170 e. The van der Waals surface area contributed by atoms with E-state index in [0.717, 1.165) is 10.9 Å². The maximum atomic E-state index is 12.3. The van der Waals surface area contributed by atoms with E-state index in [9.17, 15) is 4.79 Å². The first-order valence-electron chi connectivity index (χ1n) is 5.50. The van der Waals surface area contributed by atoms with Gasteiger partial charge in [-0.25, -0.2) is 0 Å². The van der Waals surface area contributed by atoms with Crippen LogP contribution in [0.15, 0.2) is 24.4 Å². The van der Waals surface area contributed by atoms with E-state index >= 15 is 0 Å².